The summed E-state index contributed by atoms with van der Waals surface area (Å²) in [6, 6.07) is 24.5. The van der Waals surface area contributed by atoms with Gasteiger partial charge in [0.2, 0.25) is 0 Å². The normalized spacial score (nSPS) is 18.4. The van der Waals surface area contributed by atoms with Crippen molar-refractivity contribution in [2.45, 2.75) is 12.1 Å². The van der Waals surface area contributed by atoms with Crippen molar-refractivity contribution < 1.29 is 9.53 Å². The molecule has 1 saturated heterocycles. The third-order valence-corrected chi connectivity index (χ3v) is 6.64. The monoisotopic (exact) mass is 483 g/mol. The molecule has 176 valence electrons. The summed E-state index contributed by atoms with van der Waals surface area (Å²) in [7, 11) is 1.68. The molecule has 1 N–H and O–H groups in total. The molecule has 1 amide bonds. The van der Waals surface area contributed by atoms with Crippen molar-refractivity contribution in [2.75, 3.05) is 26.8 Å². The van der Waals surface area contributed by atoms with Gasteiger partial charge >= 0.3 is 0 Å². The van der Waals surface area contributed by atoms with Crippen LogP contribution >= 0.6 is 11.6 Å². The number of carbonyl (C=O) groups excluding carboxylic acids is 1. The Hall–Kier alpha value is -3.61. The van der Waals surface area contributed by atoms with Gasteiger partial charge in [0.1, 0.15) is 0 Å². The predicted octanol–water partition coefficient (Wildman–Crippen LogP) is 4.66. The van der Waals surface area contributed by atoms with Crippen molar-refractivity contribution >= 4 is 17.5 Å². The fourth-order valence-corrected chi connectivity index (χ4v) is 4.76. The molecule has 3 aromatic carbocycles. The van der Waals surface area contributed by atoms with E-state index in [1.165, 1.54) is 0 Å². The van der Waals surface area contributed by atoms with E-state index in [4.69, 9.17) is 22.8 Å². The first-order valence-corrected chi connectivity index (χ1v) is 11.8. The minimum Gasteiger partial charge on any atom is -0.384 e. The highest BCUT2D eigenvalue weighted by atomic mass is 35.5. The molecule has 3 aromatic rings. The zero-order valence-corrected chi connectivity index (χ0v) is 20.2. The Balaban J connectivity index is 1.60. The summed E-state index contributed by atoms with van der Waals surface area (Å²) in [4.78, 5) is 15.4. The van der Waals surface area contributed by atoms with Crippen LogP contribution in [0.2, 0.25) is 5.02 Å². The van der Waals surface area contributed by atoms with E-state index >= 15 is 0 Å². The molecule has 6 heteroatoms. The average Bonchev–Trinajstić information content (AvgIpc) is 3.27. The van der Waals surface area contributed by atoms with Gasteiger partial charge in [-0.3, -0.25) is 9.69 Å². The molecule has 1 fully saturated rings. The lowest BCUT2D eigenvalue weighted by Gasteiger charge is -2.29. The van der Waals surface area contributed by atoms with Gasteiger partial charge in [0, 0.05) is 48.3 Å². The largest absolute Gasteiger partial charge is 0.384 e. The molecule has 1 aliphatic heterocycles. The Labute approximate surface area is 211 Å². The van der Waals surface area contributed by atoms with Crippen LogP contribution < -0.4 is 5.32 Å². The van der Waals surface area contributed by atoms with E-state index in [2.05, 4.69) is 22.2 Å². The average molecular weight is 484 g/mol. The standard InChI is InChI=1S/C29H26ClN3O2/c1-3-20-4-10-24(11-5-20)29(34)32-27-18-33(17-25(27)19-35-2)28(23-12-14-26(30)15-13-23)22-8-6-21(16-31)7-9-22/h1,4-15,25,27-28H,17-19H2,2H3,(H,32,34)/t25-,27-,28?/m1/s1. The smallest absolute Gasteiger partial charge is 0.251 e. The van der Waals surface area contributed by atoms with E-state index in [1.54, 1.807) is 31.4 Å². The number of halogens is 1. The number of methoxy groups -OCH3 is 1. The molecule has 0 aromatic heterocycles. The summed E-state index contributed by atoms with van der Waals surface area (Å²) in [5, 5.41) is 13.1. The fraction of sp³-hybridized carbons (Fsp3) is 0.241. The third kappa shape index (κ3) is 5.73. The lowest BCUT2D eigenvalue weighted by Crippen LogP contribution is -2.42. The highest BCUT2D eigenvalue weighted by Crippen LogP contribution is 2.34. The van der Waals surface area contributed by atoms with Gasteiger partial charge in [-0.25, -0.2) is 0 Å². The Kier molecular flexibility index (Phi) is 7.85. The van der Waals surface area contributed by atoms with Crippen molar-refractivity contribution in [3.63, 3.8) is 0 Å². The van der Waals surface area contributed by atoms with Crippen LogP contribution in [-0.2, 0) is 4.74 Å². The molecule has 0 aliphatic carbocycles. The first kappa shape index (κ1) is 24.5. The van der Waals surface area contributed by atoms with Gasteiger partial charge in [0.05, 0.1) is 24.3 Å². The second-order valence-electron chi connectivity index (χ2n) is 8.66. The topological polar surface area (TPSA) is 65.4 Å². The number of ether oxygens (including phenoxy) is 1. The van der Waals surface area contributed by atoms with Crippen molar-refractivity contribution in [3.05, 3.63) is 106 Å². The maximum Gasteiger partial charge on any atom is 0.251 e. The van der Waals surface area contributed by atoms with Crippen LogP contribution in [-0.4, -0.2) is 43.7 Å². The Morgan fingerprint density at radius 2 is 1.66 bits per heavy atom. The second-order valence-corrected chi connectivity index (χ2v) is 9.10. The van der Waals surface area contributed by atoms with Gasteiger partial charge in [-0.2, -0.15) is 5.26 Å². The quantitative estimate of drug-likeness (QED) is 0.496. The molecular weight excluding hydrogens is 458 g/mol. The number of nitriles is 1. The molecule has 4 rings (SSSR count). The molecule has 1 heterocycles. The molecule has 0 radical (unpaired) electrons. The lowest BCUT2D eigenvalue weighted by molar-refractivity contribution is 0.0907. The maximum absolute atomic E-state index is 13.0. The van der Waals surface area contributed by atoms with Gasteiger partial charge in [0.15, 0.2) is 0 Å². The van der Waals surface area contributed by atoms with Crippen LogP contribution in [0.1, 0.15) is 38.7 Å². The number of nitrogens with zero attached hydrogens (tertiary/aromatic N) is 2. The van der Waals surface area contributed by atoms with Crippen LogP contribution in [0, 0.1) is 29.6 Å². The number of nitrogens with one attached hydrogen (secondary N) is 1. The van der Waals surface area contributed by atoms with Gasteiger partial charge in [-0.05, 0) is 59.7 Å². The minimum atomic E-state index is -0.136. The van der Waals surface area contributed by atoms with E-state index in [9.17, 15) is 10.1 Å². The van der Waals surface area contributed by atoms with Crippen molar-refractivity contribution in [1.82, 2.24) is 10.2 Å². The fourth-order valence-electron chi connectivity index (χ4n) is 4.63. The van der Waals surface area contributed by atoms with E-state index in [-0.39, 0.29) is 23.9 Å². The van der Waals surface area contributed by atoms with Crippen LogP contribution in [0.25, 0.3) is 0 Å². The van der Waals surface area contributed by atoms with Crippen LogP contribution in [0.3, 0.4) is 0 Å². The number of amides is 1. The molecular formula is C29H26ClN3O2. The summed E-state index contributed by atoms with van der Waals surface area (Å²) in [6.45, 7) is 1.91. The van der Waals surface area contributed by atoms with Crippen molar-refractivity contribution in [3.8, 4) is 18.4 Å². The summed E-state index contributed by atoms with van der Waals surface area (Å²) in [6.07, 6.45) is 5.43. The zero-order chi connectivity index (χ0) is 24.8. The molecule has 1 aliphatic rings. The van der Waals surface area contributed by atoms with Gasteiger partial charge in [-0.15, -0.1) is 6.42 Å². The van der Waals surface area contributed by atoms with Crippen LogP contribution in [0.5, 0.6) is 0 Å². The molecule has 1 unspecified atom stereocenters. The summed E-state index contributed by atoms with van der Waals surface area (Å²) in [5.74, 6) is 2.55. The molecule has 5 nitrogen and oxygen atoms in total. The highest BCUT2D eigenvalue weighted by Gasteiger charge is 2.38. The van der Waals surface area contributed by atoms with Crippen LogP contribution in [0.4, 0.5) is 0 Å². The number of hydrogen-bond acceptors (Lipinski definition) is 4. The van der Waals surface area contributed by atoms with Gasteiger partial charge in [-0.1, -0.05) is 41.8 Å². The number of rotatable bonds is 7. The van der Waals surface area contributed by atoms with Crippen LogP contribution in [0.15, 0.2) is 72.8 Å². The number of benzene rings is 3. The van der Waals surface area contributed by atoms with Crippen molar-refractivity contribution in [2.24, 2.45) is 5.92 Å². The molecule has 0 saturated carbocycles. The van der Waals surface area contributed by atoms with E-state index in [1.807, 2.05) is 48.5 Å². The number of carbonyl (C=O) groups is 1. The summed E-state index contributed by atoms with van der Waals surface area (Å²) in [5.41, 5.74) is 4.08. The summed E-state index contributed by atoms with van der Waals surface area (Å²) < 4.78 is 5.51. The highest BCUT2D eigenvalue weighted by molar-refractivity contribution is 6.30. The van der Waals surface area contributed by atoms with E-state index < -0.39 is 0 Å². The van der Waals surface area contributed by atoms with Crippen molar-refractivity contribution in [1.29, 1.82) is 5.26 Å². The molecule has 0 spiro atoms. The summed E-state index contributed by atoms with van der Waals surface area (Å²) >= 11 is 6.16. The number of hydrogen-bond donors (Lipinski definition) is 1. The zero-order valence-electron chi connectivity index (χ0n) is 19.4. The predicted molar refractivity (Wildman–Crippen MR) is 137 cm³/mol. The molecule has 0 bridgehead atoms. The van der Waals surface area contributed by atoms with Gasteiger partial charge < -0.3 is 10.1 Å². The Morgan fingerprint density at radius 3 is 2.23 bits per heavy atom. The number of terminal acetylenes is 1. The second kappa shape index (κ2) is 11.2. The van der Waals surface area contributed by atoms with E-state index in [0.29, 0.717) is 29.3 Å². The molecule has 35 heavy (non-hydrogen) atoms. The molecule has 3 atom stereocenters. The third-order valence-electron chi connectivity index (χ3n) is 6.39. The number of likely N-dealkylation sites (tertiary alicyclic amines) is 1. The Morgan fingerprint density at radius 1 is 1.06 bits per heavy atom. The first-order chi connectivity index (χ1) is 17.0. The Bertz CT molecular complexity index is 1240. The van der Waals surface area contributed by atoms with E-state index in [0.717, 1.165) is 23.2 Å². The first-order valence-electron chi connectivity index (χ1n) is 11.4. The lowest BCUT2D eigenvalue weighted by atomic mass is 9.96. The van der Waals surface area contributed by atoms with Gasteiger partial charge in [0.25, 0.3) is 5.91 Å². The maximum atomic E-state index is 13.0. The minimum absolute atomic E-state index is 0.0591. The SMILES string of the molecule is C#Cc1ccc(C(=O)N[C@@H]2CN(C(c3ccc(Cl)cc3)c3ccc(C#N)cc3)C[C@@H]2COC)cc1.